The summed E-state index contributed by atoms with van der Waals surface area (Å²) in [6.07, 6.45) is -2.01. The van der Waals surface area contributed by atoms with Crippen LogP contribution in [-0.4, -0.2) is 41.8 Å². The van der Waals surface area contributed by atoms with E-state index < -0.39 is 23.8 Å². The number of halogens is 4. The average molecular weight is 449 g/mol. The van der Waals surface area contributed by atoms with Gasteiger partial charge in [0.1, 0.15) is 16.8 Å². The van der Waals surface area contributed by atoms with Crippen molar-refractivity contribution in [2.24, 2.45) is 11.1 Å². The number of hydrogen-bond donors (Lipinski definition) is 0. The zero-order chi connectivity index (χ0) is 19.6. The monoisotopic (exact) mass is 448 g/mol. The van der Waals surface area contributed by atoms with Crippen molar-refractivity contribution in [3.63, 3.8) is 0 Å². The van der Waals surface area contributed by atoms with E-state index in [-0.39, 0.29) is 6.10 Å². The van der Waals surface area contributed by atoms with Gasteiger partial charge in [-0.05, 0) is 59.6 Å². The number of piperidine rings is 1. The summed E-state index contributed by atoms with van der Waals surface area (Å²) in [6.45, 7) is 1.26. The Morgan fingerprint density at radius 3 is 2.41 bits per heavy atom. The Morgan fingerprint density at radius 2 is 1.93 bits per heavy atom. The molecule has 0 aromatic heterocycles. The first-order chi connectivity index (χ1) is 12.8. The molecule has 1 saturated heterocycles. The number of hydrogen-bond acceptors (Lipinski definition) is 5. The summed E-state index contributed by atoms with van der Waals surface area (Å²) in [6, 6.07) is 3.98. The lowest BCUT2D eigenvalue weighted by molar-refractivity contribution is -0.148. The molecule has 0 radical (unpaired) electrons. The first-order valence-corrected chi connectivity index (χ1v) is 9.46. The number of alkyl halides is 3. The molecule has 5 nitrogen and oxygen atoms in total. The van der Waals surface area contributed by atoms with E-state index in [1.54, 1.807) is 0 Å². The molecule has 0 spiro atoms. The van der Waals surface area contributed by atoms with Crippen LogP contribution in [-0.2, 0) is 20.5 Å². The van der Waals surface area contributed by atoms with Crippen molar-refractivity contribution in [3.8, 4) is 0 Å². The van der Waals surface area contributed by atoms with Crippen molar-refractivity contribution in [1.29, 1.82) is 0 Å². The average Bonchev–Trinajstić information content (AvgIpc) is 3.08. The number of carbonyl (C=O) groups excluding carboxylic acids is 1. The molecular weight excluding hydrogens is 429 g/mol. The predicted octanol–water partition coefficient (Wildman–Crippen LogP) is 4.13. The Bertz CT molecular complexity index is 701. The Labute approximate surface area is 163 Å². The third-order valence-electron chi connectivity index (χ3n) is 5.10. The normalized spacial score (nSPS) is 22.9. The summed E-state index contributed by atoms with van der Waals surface area (Å²) in [4.78, 5) is 19.7. The van der Waals surface area contributed by atoms with Gasteiger partial charge in [0.05, 0.1) is 12.7 Å². The molecule has 0 bridgehead atoms. The van der Waals surface area contributed by atoms with Crippen molar-refractivity contribution in [1.82, 2.24) is 4.90 Å². The van der Waals surface area contributed by atoms with Crippen LogP contribution in [0.25, 0.3) is 0 Å². The standard InChI is InChI=1S/C18H20BrF3N2O3/c1-26-17(25)16(12-2-4-13(5-3-12)18(20,21)22)24-8-6-11(7-9-24)14-10-15(19)23-27-14/h2-5,11,14,16H,6-10H2,1H3/t14?,16-/m1/s1. The van der Waals surface area contributed by atoms with Gasteiger partial charge in [0.25, 0.3) is 0 Å². The van der Waals surface area contributed by atoms with Crippen LogP contribution < -0.4 is 0 Å². The molecule has 1 aromatic rings. The van der Waals surface area contributed by atoms with E-state index in [1.807, 2.05) is 4.90 Å². The highest BCUT2D eigenvalue weighted by atomic mass is 79.9. The third-order valence-corrected chi connectivity index (χ3v) is 5.57. The van der Waals surface area contributed by atoms with E-state index in [0.29, 0.717) is 24.6 Å². The van der Waals surface area contributed by atoms with Gasteiger partial charge in [-0.15, -0.1) is 0 Å². The van der Waals surface area contributed by atoms with E-state index in [1.165, 1.54) is 19.2 Å². The zero-order valence-electron chi connectivity index (χ0n) is 14.7. The van der Waals surface area contributed by atoms with Crippen molar-refractivity contribution in [2.75, 3.05) is 20.2 Å². The van der Waals surface area contributed by atoms with E-state index >= 15 is 0 Å². The van der Waals surface area contributed by atoms with Crippen LogP contribution in [0.5, 0.6) is 0 Å². The summed E-state index contributed by atoms with van der Waals surface area (Å²) in [5.41, 5.74) is -0.242. The van der Waals surface area contributed by atoms with E-state index in [2.05, 4.69) is 21.1 Å². The molecular formula is C18H20BrF3N2O3. The van der Waals surface area contributed by atoms with Gasteiger partial charge in [-0.1, -0.05) is 17.3 Å². The van der Waals surface area contributed by atoms with Gasteiger partial charge in [-0.3, -0.25) is 4.90 Å². The molecule has 0 aliphatic carbocycles. The molecule has 148 valence electrons. The van der Waals surface area contributed by atoms with Gasteiger partial charge in [0, 0.05) is 12.3 Å². The highest BCUT2D eigenvalue weighted by Crippen LogP contribution is 2.34. The van der Waals surface area contributed by atoms with Crippen LogP contribution in [0.1, 0.15) is 36.4 Å². The molecule has 0 amide bonds. The molecule has 2 aliphatic rings. The molecule has 2 aliphatic heterocycles. The Hall–Kier alpha value is -1.61. The van der Waals surface area contributed by atoms with Crippen molar-refractivity contribution < 1.29 is 27.5 Å². The summed E-state index contributed by atoms with van der Waals surface area (Å²) < 4.78 is 44.1. The predicted molar refractivity (Wildman–Crippen MR) is 96.4 cm³/mol. The Morgan fingerprint density at radius 1 is 1.30 bits per heavy atom. The third kappa shape index (κ3) is 4.63. The molecule has 0 saturated carbocycles. The molecule has 1 fully saturated rings. The number of ether oxygens (including phenoxy) is 1. The fourth-order valence-corrected chi connectivity index (χ4v) is 4.03. The first-order valence-electron chi connectivity index (χ1n) is 8.67. The molecule has 0 N–H and O–H groups in total. The van der Waals surface area contributed by atoms with Gasteiger partial charge in [0.2, 0.25) is 0 Å². The van der Waals surface area contributed by atoms with Crippen LogP contribution in [0.2, 0.25) is 0 Å². The number of oxime groups is 1. The lowest BCUT2D eigenvalue weighted by Gasteiger charge is -2.37. The second kappa shape index (κ2) is 8.18. The Kier molecular flexibility index (Phi) is 6.10. The first kappa shape index (κ1) is 20.1. The van der Waals surface area contributed by atoms with Gasteiger partial charge >= 0.3 is 12.1 Å². The maximum absolute atomic E-state index is 12.8. The molecule has 3 rings (SSSR count). The quantitative estimate of drug-likeness (QED) is 0.649. The molecule has 1 unspecified atom stereocenters. The summed E-state index contributed by atoms with van der Waals surface area (Å²) in [5, 5.41) is 3.92. The largest absolute Gasteiger partial charge is 0.468 e. The minimum atomic E-state index is -4.41. The van der Waals surface area contributed by atoms with Crippen LogP contribution in [0.3, 0.4) is 0 Å². The summed E-state index contributed by atoms with van der Waals surface area (Å²) >= 11 is 3.33. The van der Waals surface area contributed by atoms with Crippen molar-refractivity contribution in [3.05, 3.63) is 35.4 Å². The second-order valence-corrected chi connectivity index (χ2v) is 7.65. The summed E-state index contributed by atoms with van der Waals surface area (Å²) in [7, 11) is 1.29. The molecule has 27 heavy (non-hydrogen) atoms. The van der Waals surface area contributed by atoms with E-state index in [9.17, 15) is 18.0 Å². The maximum atomic E-state index is 12.8. The van der Waals surface area contributed by atoms with Gasteiger partial charge < -0.3 is 9.57 Å². The highest BCUT2D eigenvalue weighted by Gasteiger charge is 2.37. The molecule has 1 aromatic carbocycles. The lowest BCUT2D eigenvalue weighted by Crippen LogP contribution is -2.42. The molecule has 2 heterocycles. The van der Waals surface area contributed by atoms with Crippen molar-refractivity contribution in [2.45, 2.75) is 37.6 Å². The van der Waals surface area contributed by atoms with Crippen LogP contribution >= 0.6 is 15.9 Å². The number of nitrogens with zero attached hydrogens (tertiary/aromatic N) is 2. The van der Waals surface area contributed by atoms with Crippen LogP contribution in [0, 0.1) is 5.92 Å². The number of rotatable bonds is 4. The summed E-state index contributed by atoms with van der Waals surface area (Å²) in [5.74, 6) is -0.151. The second-order valence-electron chi connectivity index (χ2n) is 6.73. The van der Waals surface area contributed by atoms with Gasteiger partial charge in [0.15, 0.2) is 0 Å². The maximum Gasteiger partial charge on any atom is 0.416 e. The fraction of sp³-hybridized carbons (Fsp3) is 0.556. The minimum Gasteiger partial charge on any atom is -0.468 e. The number of likely N-dealkylation sites (tertiary alicyclic amines) is 1. The number of benzene rings is 1. The van der Waals surface area contributed by atoms with E-state index in [0.717, 1.165) is 36.0 Å². The minimum absolute atomic E-state index is 0.0316. The van der Waals surface area contributed by atoms with Gasteiger partial charge in [-0.25, -0.2) is 4.79 Å². The van der Waals surface area contributed by atoms with Crippen molar-refractivity contribution >= 4 is 26.5 Å². The lowest BCUT2D eigenvalue weighted by atomic mass is 9.88. The molecule has 9 heteroatoms. The number of methoxy groups -OCH3 is 1. The van der Waals surface area contributed by atoms with E-state index in [4.69, 9.17) is 9.57 Å². The smallest absolute Gasteiger partial charge is 0.416 e. The number of carbonyl (C=O) groups is 1. The zero-order valence-corrected chi connectivity index (χ0v) is 16.3. The Balaban J connectivity index is 1.70. The van der Waals surface area contributed by atoms with Crippen LogP contribution in [0.15, 0.2) is 29.4 Å². The SMILES string of the molecule is COC(=O)[C@@H](c1ccc(C(F)(F)F)cc1)N1CCC(C2CC(Br)=NO2)CC1. The van der Waals surface area contributed by atoms with Crippen LogP contribution in [0.4, 0.5) is 13.2 Å². The topological polar surface area (TPSA) is 51.1 Å². The number of esters is 1. The molecule has 2 atom stereocenters. The van der Waals surface area contributed by atoms with Gasteiger partial charge in [-0.2, -0.15) is 13.2 Å². The highest BCUT2D eigenvalue weighted by molar-refractivity contribution is 9.18. The fourth-order valence-electron chi connectivity index (χ4n) is 3.63.